The van der Waals surface area contributed by atoms with Crippen LogP contribution in [0.5, 0.6) is 0 Å². The van der Waals surface area contributed by atoms with Crippen molar-refractivity contribution < 1.29 is 46.4 Å². The van der Waals surface area contributed by atoms with Gasteiger partial charge >= 0.3 is 20.2 Å². The molecule has 0 aliphatic rings. The molecule has 0 bridgehead atoms. The van der Waals surface area contributed by atoms with Crippen LogP contribution in [0.3, 0.4) is 0 Å². The molecule has 0 aliphatic heterocycles. The lowest BCUT2D eigenvalue weighted by Gasteiger charge is -2.12. The molecule has 0 spiro atoms. The van der Waals surface area contributed by atoms with Gasteiger partial charge in [-0.05, 0) is 13.8 Å². The predicted octanol–water partition coefficient (Wildman–Crippen LogP) is -1.87. The Bertz CT molecular complexity index is 670. The van der Waals surface area contributed by atoms with Crippen LogP contribution in [0.4, 0.5) is 0 Å². The van der Waals surface area contributed by atoms with E-state index in [1.807, 2.05) is 0 Å². The molecular formula is C4H10O11S4. The smallest absolute Gasteiger partial charge is 0.284 e. The lowest BCUT2D eigenvalue weighted by atomic mass is 11.0. The van der Waals surface area contributed by atoms with Gasteiger partial charge in [-0.3, -0.25) is 9.11 Å². The molecule has 11 nitrogen and oxygen atoms in total. The topological polar surface area (TPSA) is 186 Å². The van der Waals surface area contributed by atoms with E-state index in [-0.39, 0.29) is 0 Å². The van der Waals surface area contributed by atoms with Crippen molar-refractivity contribution in [2.45, 2.75) is 23.0 Å². The lowest BCUT2D eigenvalue weighted by Crippen LogP contribution is -2.35. The van der Waals surface area contributed by atoms with Gasteiger partial charge in [-0.2, -0.15) is 33.7 Å². The standard InChI is InChI=1S/C4H10O11S4/c1-3(16(5,6)7)18(11,12)15-19(13,14)4(2)17(8,9)10/h3-4H,1-2H3,(H,5,6,7)(H,8,9,10). The maximum atomic E-state index is 11.2. The zero-order valence-corrected chi connectivity index (χ0v) is 12.6. The summed E-state index contributed by atoms with van der Waals surface area (Å²) < 4.78 is 102. The molecule has 116 valence electrons. The molecule has 19 heavy (non-hydrogen) atoms. The Kier molecular flexibility index (Phi) is 5.14. The summed E-state index contributed by atoms with van der Waals surface area (Å²) in [6.45, 7) is 0.802. The molecule has 0 saturated heterocycles. The summed E-state index contributed by atoms with van der Waals surface area (Å²) in [6.07, 6.45) is 0. The van der Waals surface area contributed by atoms with Crippen LogP contribution in [0.15, 0.2) is 0 Å². The third-order valence-electron chi connectivity index (χ3n) is 1.84. The predicted molar refractivity (Wildman–Crippen MR) is 60.9 cm³/mol. The number of hydrogen-bond donors (Lipinski definition) is 2. The molecule has 0 rings (SSSR count). The SMILES string of the molecule is CC(S(=O)(=O)O)S(=O)(=O)OS(=O)(=O)C(C)S(=O)(=O)O. The van der Waals surface area contributed by atoms with Crippen molar-refractivity contribution in [1.29, 1.82) is 0 Å². The van der Waals surface area contributed by atoms with Crippen LogP contribution in [0.1, 0.15) is 13.8 Å². The molecule has 0 fully saturated rings. The van der Waals surface area contributed by atoms with Gasteiger partial charge in [0.25, 0.3) is 20.2 Å². The summed E-state index contributed by atoms with van der Waals surface area (Å²) in [5.74, 6) is 0. The van der Waals surface area contributed by atoms with Crippen LogP contribution >= 0.6 is 0 Å². The monoisotopic (exact) mass is 362 g/mol. The van der Waals surface area contributed by atoms with Crippen LogP contribution in [0.25, 0.3) is 0 Å². The van der Waals surface area contributed by atoms with Crippen LogP contribution in [0, 0.1) is 0 Å². The van der Waals surface area contributed by atoms with Gasteiger partial charge in [0.15, 0.2) is 0 Å². The van der Waals surface area contributed by atoms with Crippen LogP contribution in [-0.2, 0) is 44.1 Å². The Hall–Kier alpha value is -0.320. The molecule has 0 aliphatic carbocycles. The van der Waals surface area contributed by atoms with Gasteiger partial charge in [-0.1, -0.05) is 0 Å². The second-order valence-corrected chi connectivity index (χ2v) is 11.2. The zero-order valence-electron chi connectivity index (χ0n) is 9.36. The van der Waals surface area contributed by atoms with E-state index in [1.54, 1.807) is 0 Å². The molecule has 0 saturated carbocycles. The summed E-state index contributed by atoms with van der Waals surface area (Å²) in [5, 5.41) is 0. The highest BCUT2D eigenvalue weighted by molar-refractivity contribution is 8.12. The maximum absolute atomic E-state index is 11.2. The summed E-state index contributed by atoms with van der Waals surface area (Å²) in [4.78, 5) is 0. The Morgan fingerprint density at radius 3 is 1.05 bits per heavy atom. The normalized spacial score (nSPS) is 17.9. The van der Waals surface area contributed by atoms with E-state index in [0.29, 0.717) is 13.8 Å². The van der Waals surface area contributed by atoms with Crippen molar-refractivity contribution in [3.8, 4) is 0 Å². The average molecular weight is 362 g/mol. The van der Waals surface area contributed by atoms with E-state index in [4.69, 9.17) is 9.11 Å². The van der Waals surface area contributed by atoms with E-state index in [9.17, 15) is 33.7 Å². The highest BCUT2D eigenvalue weighted by atomic mass is 32.3. The fraction of sp³-hybridized carbons (Fsp3) is 1.00. The highest BCUT2D eigenvalue weighted by Gasteiger charge is 2.42. The molecule has 0 aromatic carbocycles. The second-order valence-electron chi connectivity index (χ2n) is 3.22. The first-order chi connectivity index (χ1) is 8.02. The first kappa shape index (κ1) is 18.7. The quantitative estimate of drug-likeness (QED) is 0.504. The molecule has 0 amide bonds. The van der Waals surface area contributed by atoms with Crippen molar-refractivity contribution in [1.82, 2.24) is 0 Å². The van der Waals surface area contributed by atoms with Crippen molar-refractivity contribution in [2.75, 3.05) is 0 Å². The number of rotatable bonds is 6. The van der Waals surface area contributed by atoms with Crippen LogP contribution in [0.2, 0.25) is 0 Å². The van der Waals surface area contributed by atoms with E-state index in [0.717, 1.165) is 0 Å². The van der Waals surface area contributed by atoms with Gasteiger partial charge in [0.05, 0.1) is 0 Å². The number of hydrogen-bond acceptors (Lipinski definition) is 9. The van der Waals surface area contributed by atoms with E-state index >= 15 is 0 Å². The van der Waals surface area contributed by atoms with E-state index in [1.165, 1.54) is 0 Å². The minimum absolute atomic E-state index is 0.401. The molecule has 2 unspecified atom stereocenters. The molecule has 0 heterocycles. The second kappa shape index (κ2) is 5.23. The Morgan fingerprint density at radius 2 is 0.895 bits per heavy atom. The van der Waals surface area contributed by atoms with Crippen LogP contribution < -0.4 is 0 Å². The maximum Gasteiger partial charge on any atom is 0.301 e. The van der Waals surface area contributed by atoms with Crippen molar-refractivity contribution >= 4 is 40.5 Å². The summed E-state index contributed by atoms with van der Waals surface area (Å²) in [6, 6.07) is 0. The third-order valence-corrected chi connectivity index (χ3v) is 9.54. The van der Waals surface area contributed by atoms with Crippen molar-refractivity contribution in [3.63, 3.8) is 0 Å². The zero-order chi connectivity index (χ0) is 15.9. The van der Waals surface area contributed by atoms with E-state index in [2.05, 4.69) is 3.63 Å². The van der Waals surface area contributed by atoms with Gasteiger partial charge in [0.1, 0.15) is 0 Å². The molecule has 2 atom stereocenters. The van der Waals surface area contributed by atoms with Gasteiger partial charge in [0, 0.05) is 0 Å². The summed E-state index contributed by atoms with van der Waals surface area (Å²) in [5.41, 5.74) is 0. The van der Waals surface area contributed by atoms with E-state index < -0.39 is 49.6 Å². The summed E-state index contributed by atoms with van der Waals surface area (Å²) in [7, 11) is -21.1. The lowest BCUT2D eigenvalue weighted by molar-refractivity contribution is 0.444. The fourth-order valence-electron chi connectivity index (χ4n) is 0.541. The first-order valence-electron chi connectivity index (χ1n) is 4.13. The van der Waals surface area contributed by atoms with Gasteiger partial charge in [-0.25, -0.2) is 0 Å². The molecule has 0 radical (unpaired) electrons. The van der Waals surface area contributed by atoms with Crippen molar-refractivity contribution in [2.24, 2.45) is 0 Å². The fourth-order valence-corrected chi connectivity index (χ4v) is 5.44. The van der Waals surface area contributed by atoms with Crippen LogP contribution in [-0.4, -0.2) is 51.9 Å². The van der Waals surface area contributed by atoms with Gasteiger partial charge in [0.2, 0.25) is 9.16 Å². The third kappa shape index (κ3) is 4.93. The molecule has 15 heteroatoms. The molecule has 2 N–H and O–H groups in total. The Labute approximate surface area is 110 Å². The largest absolute Gasteiger partial charge is 0.301 e. The highest BCUT2D eigenvalue weighted by Crippen LogP contribution is 2.18. The molecule has 0 aromatic rings. The minimum Gasteiger partial charge on any atom is -0.284 e. The molecule has 0 aromatic heterocycles. The Balaban J connectivity index is 5.62. The minimum atomic E-state index is -5.38. The summed E-state index contributed by atoms with van der Waals surface area (Å²) >= 11 is 0. The average Bonchev–Trinajstić information content (AvgIpc) is 2.10. The van der Waals surface area contributed by atoms with Gasteiger partial charge < -0.3 is 0 Å². The first-order valence-corrected chi connectivity index (χ1v) is 10.1. The molecular weight excluding hydrogens is 352 g/mol. The Morgan fingerprint density at radius 1 is 0.684 bits per heavy atom. The van der Waals surface area contributed by atoms with Gasteiger partial charge in [-0.15, -0.1) is 3.63 Å². The van der Waals surface area contributed by atoms with Crippen molar-refractivity contribution in [3.05, 3.63) is 0 Å².